The standard InChI is InChI=1S/C11H13ClO2/c1-2-3-10(12)8-4-6-9(7-5-8)11(13)14/h4-7,10H,2-3H2,1H3,(H,13,14). The number of alkyl halides is 1. The van der Waals surface area contributed by atoms with E-state index in [9.17, 15) is 4.79 Å². The van der Waals surface area contributed by atoms with Gasteiger partial charge in [-0.05, 0) is 24.1 Å². The molecule has 1 atom stereocenters. The van der Waals surface area contributed by atoms with E-state index in [0.717, 1.165) is 18.4 Å². The van der Waals surface area contributed by atoms with Crippen molar-refractivity contribution in [1.29, 1.82) is 0 Å². The van der Waals surface area contributed by atoms with Crippen molar-refractivity contribution in [2.24, 2.45) is 0 Å². The maximum atomic E-state index is 10.6. The van der Waals surface area contributed by atoms with Crippen molar-refractivity contribution in [3.63, 3.8) is 0 Å². The first-order valence-corrected chi connectivity index (χ1v) is 5.06. The number of aromatic carboxylic acids is 1. The van der Waals surface area contributed by atoms with E-state index < -0.39 is 5.97 Å². The summed E-state index contributed by atoms with van der Waals surface area (Å²) < 4.78 is 0. The second-order valence-electron chi connectivity index (χ2n) is 3.18. The predicted octanol–water partition coefficient (Wildman–Crippen LogP) is 3.46. The Hall–Kier alpha value is -1.02. The van der Waals surface area contributed by atoms with E-state index in [-0.39, 0.29) is 5.38 Å². The third kappa shape index (κ3) is 2.74. The molecule has 0 aliphatic rings. The molecule has 0 aromatic heterocycles. The van der Waals surface area contributed by atoms with Gasteiger partial charge in [-0.15, -0.1) is 11.6 Å². The largest absolute Gasteiger partial charge is 0.478 e. The highest BCUT2D eigenvalue weighted by molar-refractivity contribution is 6.20. The minimum absolute atomic E-state index is 0.0113. The van der Waals surface area contributed by atoms with Crippen LogP contribution in [0.15, 0.2) is 24.3 Å². The van der Waals surface area contributed by atoms with Crippen molar-refractivity contribution >= 4 is 17.6 Å². The molecule has 0 saturated heterocycles. The molecule has 0 amide bonds. The number of benzene rings is 1. The lowest BCUT2D eigenvalue weighted by Crippen LogP contribution is -1.97. The second kappa shape index (κ2) is 5.01. The molecule has 0 radical (unpaired) electrons. The lowest BCUT2D eigenvalue weighted by molar-refractivity contribution is 0.0697. The molecule has 1 unspecified atom stereocenters. The molecular weight excluding hydrogens is 200 g/mol. The molecule has 14 heavy (non-hydrogen) atoms. The van der Waals surface area contributed by atoms with Gasteiger partial charge in [0, 0.05) is 0 Å². The number of hydrogen-bond acceptors (Lipinski definition) is 1. The van der Waals surface area contributed by atoms with Gasteiger partial charge < -0.3 is 5.11 Å². The van der Waals surface area contributed by atoms with Gasteiger partial charge in [0.05, 0.1) is 10.9 Å². The molecule has 0 heterocycles. The van der Waals surface area contributed by atoms with Crippen LogP contribution in [0.25, 0.3) is 0 Å². The average molecular weight is 213 g/mol. The number of carbonyl (C=O) groups is 1. The highest BCUT2D eigenvalue weighted by Crippen LogP contribution is 2.25. The van der Waals surface area contributed by atoms with Crippen LogP contribution in [0.5, 0.6) is 0 Å². The van der Waals surface area contributed by atoms with Crippen LogP contribution < -0.4 is 0 Å². The Morgan fingerprint density at radius 2 is 2.00 bits per heavy atom. The highest BCUT2D eigenvalue weighted by Gasteiger charge is 2.07. The van der Waals surface area contributed by atoms with E-state index in [1.807, 2.05) is 0 Å². The maximum Gasteiger partial charge on any atom is 0.335 e. The van der Waals surface area contributed by atoms with Crippen LogP contribution >= 0.6 is 11.6 Å². The van der Waals surface area contributed by atoms with E-state index >= 15 is 0 Å². The quantitative estimate of drug-likeness (QED) is 0.776. The number of carboxylic acid groups (broad SMARTS) is 1. The molecule has 0 spiro atoms. The summed E-state index contributed by atoms with van der Waals surface area (Å²) in [4.78, 5) is 10.6. The van der Waals surface area contributed by atoms with Gasteiger partial charge in [-0.25, -0.2) is 4.79 Å². The first-order valence-electron chi connectivity index (χ1n) is 4.62. The Balaban J connectivity index is 2.77. The molecule has 0 saturated carbocycles. The van der Waals surface area contributed by atoms with E-state index in [4.69, 9.17) is 16.7 Å². The molecule has 76 valence electrons. The fraction of sp³-hybridized carbons (Fsp3) is 0.364. The van der Waals surface area contributed by atoms with E-state index in [2.05, 4.69) is 6.92 Å². The van der Waals surface area contributed by atoms with Crippen LogP contribution in [0.3, 0.4) is 0 Å². The van der Waals surface area contributed by atoms with Crippen LogP contribution in [0.2, 0.25) is 0 Å². The van der Waals surface area contributed by atoms with Crippen molar-refractivity contribution in [1.82, 2.24) is 0 Å². The van der Waals surface area contributed by atoms with Crippen molar-refractivity contribution in [2.45, 2.75) is 25.1 Å². The molecular formula is C11H13ClO2. The number of hydrogen-bond donors (Lipinski definition) is 1. The lowest BCUT2D eigenvalue weighted by Gasteiger charge is -2.07. The Morgan fingerprint density at radius 1 is 1.43 bits per heavy atom. The van der Waals surface area contributed by atoms with Gasteiger partial charge in [-0.2, -0.15) is 0 Å². The summed E-state index contributed by atoms with van der Waals surface area (Å²) in [5.74, 6) is -0.904. The molecule has 0 bridgehead atoms. The van der Waals surface area contributed by atoms with Crippen LogP contribution in [0.1, 0.15) is 41.1 Å². The first-order chi connectivity index (χ1) is 6.65. The Morgan fingerprint density at radius 3 is 2.43 bits per heavy atom. The average Bonchev–Trinajstić information content (AvgIpc) is 2.18. The van der Waals surface area contributed by atoms with Crippen molar-refractivity contribution in [2.75, 3.05) is 0 Å². The van der Waals surface area contributed by atoms with Crippen molar-refractivity contribution < 1.29 is 9.90 Å². The SMILES string of the molecule is CCCC(Cl)c1ccc(C(=O)O)cc1. The molecule has 0 aliphatic carbocycles. The monoisotopic (exact) mass is 212 g/mol. The molecule has 3 heteroatoms. The van der Waals surface area contributed by atoms with Gasteiger partial charge >= 0.3 is 5.97 Å². The molecule has 1 aromatic carbocycles. The summed E-state index contributed by atoms with van der Waals surface area (Å²) in [6.07, 6.45) is 1.93. The summed E-state index contributed by atoms with van der Waals surface area (Å²) in [5, 5.41) is 8.67. The Bertz CT molecular complexity index is 306. The van der Waals surface area contributed by atoms with E-state index in [1.54, 1.807) is 24.3 Å². The van der Waals surface area contributed by atoms with Crippen LogP contribution in [-0.4, -0.2) is 11.1 Å². The van der Waals surface area contributed by atoms with E-state index in [0.29, 0.717) is 5.56 Å². The molecule has 1 aromatic rings. The van der Waals surface area contributed by atoms with Gasteiger partial charge in [-0.1, -0.05) is 25.5 Å². The number of rotatable bonds is 4. The summed E-state index contributed by atoms with van der Waals surface area (Å²) >= 11 is 6.09. The molecule has 1 N–H and O–H groups in total. The topological polar surface area (TPSA) is 37.3 Å². The summed E-state index contributed by atoms with van der Waals surface area (Å²) in [6.45, 7) is 2.07. The fourth-order valence-corrected chi connectivity index (χ4v) is 1.62. The highest BCUT2D eigenvalue weighted by atomic mass is 35.5. The molecule has 2 nitrogen and oxygen atoms in total. The van der Waals surface area contributed by atoms with Gasteiger partial charge in [0.2, 0.25) is 0 Å². The summed E-state index contributed by atoms with van der Waals surface area (Å²) in [6, 6.07) is 6.72. The van der Waals surface area contributed by atoms with Gasteiger partial charge in [-0.3, -0.25) is 0 Å². The number of carboxylic acids is 1. The first kappa shape index (κ1) is 11.1. The van der Waals surface area contributed by atoms with Gasteiger partial charge in [0.25, 0.3) is 0 Å². The minimum Gasteiger partial charge on any atom is -0.478 e. The van der Waals surface area contributed by atoms with Gasteiger partial charge in [0.15, 0.2) is 0 Å². The normalized spacial score (nSPS) is 12.4. The lowest BCUT2D eigenvalue weighted by atomic mass is 10.1. The number of halogens is 1. The Labute approximate surface area is 88.5 Å². The molecule has 0 aliphatic heterocycles. The second-order valence-corrected chi connectivity index (χ2v) is 3.71. The smallest absolute Gasteiger partial charge is 0.335 e. The van der Waals surface area contributed by atoms with Gasteiger partial charge in [0.1, 0.15) is 0 Å². The molecule has 0 fully saturated rings. The van der Waals surface area contributed by atoms with E-state index in [1.165, 1.54) is 0 Å². The van der Waals surface area contributed by atoms with Crippen molar-refractivity contribution in [3.05, 3.63) is 35.4 Å². The van der Waals surface area contributed by atoms with Crippen LogP contribution in [-0.2, 0) is 0 Å². The zero-order valence-electron chi connectivity index (χ0n) is 8.03. The third-order valence-corrected chi connectivity index (χ3v) is 2.53. The summed E-state index contributed by atoms with van der Waals surface area (Å²) in [5.41, 5.74) is 1.28. The van der Waals surface area contributed by atoms with Crippen molar-refractivity contribution in [3.8, 4) is 0 Å². The van der Waals surface area contributed by atoms with Crippen LogP contribution in [0, 0.1) is 0 Å². The summed E-state index contributed by atoms with van der Waals surface area (Å²) in [7, 11) is 0. The fourth-order valence-electron chi connectivity index (χ4n) is 1.25. The Kier molecular flexibility index (Phi) is 3.96. The minimum atomic E-state index is -0.904. The molecule has 1 rings (SSSR count). The predicted molar refractivity (Wildman–Crippen MR) is 56.9 cm³/mol. The zero-order valence-corrected chi connectivity index (χ0v) is 8.79. The maximum absolute atomic E-state index is 10.6. The third-order valence-electron chi connectivity index (χ3n) is 2.06. The zero-order chi connectivity index (χ0) is 10.6. The van der Waals surface area contributed by atoms with Crippen LogP contribution in [0.4, 0.5) is 0 Å².